The smallest absolute Gasteiger partial charge is 0.398 e. The summed E-state index contributed by atoms with van der Waals surface area (Å²) in [6.45, 7) is 0.442. The predicted molar refractivity (Wildman–Crippen MR) is 90.1 cm³/mol. The van der Waals surface area contributed by atoms with Gasteiger partial charge in [-0.25, -0.2) is 0 Å². The molecule has 0 unspecified atom stereocenters. The highest BCUT2D eigenvalue weighted by atomic mass is 32.2. The zero-order chi connectivity index (χ0) is 17.6. The van der Waals surface area contributed by atoms with Crippen LogP contribution in [-0.4, -0.2) is 26.1 Å². The highest BCUT2D eigenvalue weighted by Crippen LogP contribution is 2.32. The van der Waals surface area contributed by atoms with E-state index in [2.05, 4.69) is 5.32 Å². The molecule has 7 heteroatoms. The van der Waals surface area contributed by atoms with Crippen LogP contribution in [0.15, 0.2) is 47.4 Å². The van der Waals surface area contributed by atoms with E-state index in [1.54, 1.807) is 44.6 Å². The van der Waals surface area contributed by atoms with Crippen LogP contribution in [0, 0.1) is 0 Å². The maximum absolute atomic E-state index is 12.4. The standard InChI is InChI=1S/C17H18F3NO2S/c1-22-13-7-12(8-14(9-13)23-2)10-21-15-5-3-4-6-16(15)24-11-17(18,19)20/h3-9,21H,10-11H2,1-2H3. The number of benzene rings is 2. The first kappa shape index (κ1) is 18.3. The van der Waals surface area contributed by atoms with Gasteiger partial charge < -0.3 is 14.8 Å². The van der Waals surface area contributed by atoms with Gasteiger partial charge in [0.1, 0.15) is 11.5 Å². The van der Waals surface area contributed by atoms with Gasteiger partial charge in [0.15, 0.2) is 0 Å². The van der Waals surface area contributed by atoms with Crippen LogP contribution in [0.4, 0.5) is 18.9 Å². The topological polar surface area (TPSA) is 30.5 Å². The molecule has 0 atom stereocenters. The molecule has 0 saturated carbocycles. The zero-order valence-corrected chi connectivity index (χ0v) is 14.1. The van der Waals surface area contributed by atoms with Crippen LogP contribution in [0.1, 0.15) is 5.56 Å². The lowest BCUT2D eigenvalue weighted by Crippen LogP contribution is -2.11. The van der Waals surface area contributed by atoms with E-state index in [-0.39, 0.29) is 0 Å². The van der Waals surface area contributed by atoms with E-state index in [4.69, 9.17) is 9.47 Å². The van der Waals surface area contributed by atoms with Gasteiger partial charge in [-0.05, 0) is 29.8 Å². The second-order valence-electron chi connectivity index (χ2n) is 4.97. The van der Waals surface area contributed by atoms with Gasteiger partial charge in [-0.3, -0.25) is 0 Å². The second kappa shape index (κ2) is 8.19. The Kier molecular flexibility index (Phi) is 6.25. The lowest BCUT2D eigenvalue weighted by molar-refractivity contribution is -0.105. The zero-order valence-electron chi connectivity index (χ0n) is 13.3. The fourth-order valence-electron chi connectivity index (χ4n) is 2.06. The Labute approximate surface area is 143 Å². The molecule has 0 amide bonds. The third-order valence-electron chi connectivity index (χ3n) is 3.17. The Hall–Kier alpha value is -2.02. The van der Waals surface area contributed by atoms with E-state index in [9.17, 15) is 13.2 Å². The van der Waals surface area contributed by atoms with Crippen molar-refractivity contribution in [3.05, 3.63) is 48.0 Å². The first-order valence-electron chi connectivity index (χ1n) is 7.15. The molecule has 0 heterocycles. The van der Waals surface area contributed by atoms with Gasteiger partial charge in [0.05, 0.1) is 20.0 Å². The third-order valence-corrected chi connectivity index (χ3v) is 4.31. The van der Waals surface area contributed by atoms with Crippen molar-refractivity contribution >= 4 is 17.4 Å². The van der Waals surface area contributed by atoms with Gasteiger partial charge in [0.25, 0.3) is 0 Å². The molecule has 0 aromatic heterocycles. The summed E-state index contributed by atoms with van der Waals surface area (Å²) < 4.78 is 47.7. The fourth-order valence-corrected chi connectivity index (χ4v) is 2.85. The molecule has 1 N–H and O–H groups in total. The molecular weight excluding hydrogens is 339 g/mol. The van der Waals surface area contributed by atoms with Crippen LogP contribution in [0.3, 0.4) is 0 Å². The Morgan fingerprint density at radius 1 is 1.00 bits per heavy atom. The monoisotopic (exact) mass is 357 g/mol. The maximum atomic E-state index is 12.4. The molecule has 24 heavy (non-hydrogen) atoms. The number of hydrogen-bond acceptors (Lipinski definition) is 4. The van der Waals surface area contributed by atoms with Crippen LogP contribution in [0.5, 0.6) is 11.5 Å². The summed E-state index contributed by atoms with van der Waals surface area (Å²) in [5.74, 6) is 0.398. The second-order valence-corrected chi connectivity index (χ2v) is 5.99. The van der Waals surface area contributed by atoms with Crippen molar-refractivity contribution in [2.24, 2.45) is 0 Å². The van der Waals surface area contributed by atoms with Crippen LogP contribution >= 0.6 is 11.8 Å². The van der Waals surface area contributed by atoms with Gasteiger partial charge in [-0.2, -0.15) is 13.2 Å². The number of rotatable bonds is 7. The lowest BCUT2D eigenvalue weighted by atomic mass is 10.2. The molecular formula is C17H18F3NO2S. The number of anilines is 1. The minimum Gasteiger partial charge on any atom is -0.497 e. The van der Waals surface area contributed by atoms with Gasteiger partial charge in [0, 0.05) is 23.2 Å². The van der Waals surface area contributed by atoms with Crippen molar-refractivity contribution in [3.8, 4) is 11.5 Å². The molecule has 0 spiro atoms. The van der Waals surface area contributed by atoms with Crippen LogP contribution in [0.2, 0.25) is 0 Å². The van der Waals surface area contributed by atoms with E-state index in [0.29, 0.717) is 28.6 Å². The highest BCUT2D eigenvalue weighted by molar-refractivity contribution is 7.99. The molecule has 2 aromatic rings. The summed E-state index contributed by atoms with van der Waals surface area (Å²) in [6.07, 6.45) is -4.20. The summed E-state index contributed by atoms with van der Waals surface area (Å²) >= 11 is 0.768. The molecule has 130 valence electrons. The quantitative estimate of drug-likeness (QED) is 0.709. The van der Waals surface area contributed by atoms with Crippen LogP contribution in [0.25, 0.3) is 0 Å². The third kappa shape index (κ3) is 5.56. The molecule has 2 aromatic carbocycles. The summed E-state index contributed by atoms with van der Waals surface area (Å²) in [5.41, 5.74) is 1.57. The number of alkyl halides is 3. The first-order chi connectivity index (χ1) is 11.4. The minimum absolute atomic E-state index is 0.442. The largest absolute Gasteiger partial charge is 0.497 e. The Morgan fingerprint density at radius 2 is 1.62 bits per heavy atom. The highest BCUT2D eigenvalue weighted by Gasteiger charge is 2.27. The molecule has 3 nitrogen and oxygen atoms in total. The average Bonchev–Trinajstić information content (AvgIpc) is 2.57. The van der Waals surface area contributed by atoms with Crippen molar-refractivity contribution < 1.29 is 22.6 Å². The summed E-state index contributed by atoms with van der Waals surface area (Å²) in [6, 6.07) is 12.4. The molecule has 0 bridgehead atoms. The molecule has 0 fully saturated rings. The molecule has 0 saturated heterocycles. The molecule has 0 radical (unpaired) electrons. The van der Waals surface area contributed by atoms with Crippen molar-refractivity contribution in [1.29, 1.82) is 0 Å². The Morgan fingerprint density at radius 3 is 2.21 bits per heavy atom. The van der Waals surface area contributed by atoms with Gasteiger partial charge in [-0.15, -0.1) is 11.8 Å². The Balaban J connectivity index is 2.09. The molecule has 2 rings (SSSR count). The summed E-state index contributed by atoms with van der Waals surface area (Å²) in [4.78, 5) is 0.560. The van der Waals surface area contributed by atoms with E-state index >= 15 is 0 Å². The minimum atomic E-state index is -4.20. The van der Waals surface area contributed by atoms with Crippen molar-refractivity contribution in [2.75, 3.05) is 25.3 Å². The van der Waals surface area contributed by atoms with Crippen LogP contribution in [-0.2, 0) is 6.54 Å². The number of ether oxygens (including phenoxy) is 2. The number of methoxy groups -OCH3 is 2. The number of nitrogens with one attached hydrogen (secondary N) is 1. The Bertz CT molecular complexity index is 655. The van der Waals surface area contributed by atoms with Crippen LogP contribution < -0.4 is 14.8 Å². The number of para-hydroxylation sites is 1. The molecule has 0 aliphatic rings. The average molecular weight is 357 g/mol. The van der Waals surface area contributed by atoms with E-state index in [1.165, 1.54) is 0 Å². The van der Waals surface area contributed by atoms with Crippen molar-refractivity contribution in [1.82, 2.24) is 0 Å². The lowest BCUT2D eigenvalue weighted by Gasteiger charge is -2.14. The summed E-state index contributed by atoms with van der Waals surface area (Å²) in [7, 11) is 3.13. The maximum Gasteiger partial charge on any atom is 0.398 e. The van der Waals surface area contributed by atoms with Crippen molar-refractivity contribution in [2.45, 2.75) is 17.6 Å². The van der Waals surface area contributed by atoms with E-state index in [0.717, 1.165) is 17.3 Å². The number of hydrogen-bond donors (Lipinski definition) is 1. The van der Waals surface area contributed by atoms with Crippen molar-refractivity contribution in [3.63, 3.8) is 0 Å². The van der Waals surface area contributed by atoms with Gasteiger partial charge >= 0.3 is 6.18 Å². The molecule has 0 aliphatic heterocycles. The van der Waals surface area contributed by atoms with Gasteiger partial charge in [-0.1, -0.05) is 12.1 Å². The van der Waals surface area contributed by atoms with Gasteiger partial charge in [0.2, 0.25) is 0 Å². The number of halogens is 3. The molecule has 0 aliphatic carbocycles. The summed E-state index contributed by atoms with van der Waals surface area (Å²) in [5, 5.41) is 3.17. The van der Waals surface area contributed by atoms with E-state index in [1.807, 2.05) is 12.1 Å². The number of thioether (sulfide) groups is 1. The normalized spacial score (nSPS) is 11.2. The predicted octanol–water partition coefficient (Wildman–Crippen LogP) is 4.97. The fraction of sp³-hybridized carbons (Fsp3) is 0.294. The first-order valence-corrected chi connectivity index (χ1v) is 8.14. The van der Waals surface area contributed by atoms with E-state index < -0.39 is 11.9 Å². The SMILES string of the molecule is COc1cc(CNc2ccccc2SCC(F)(F)F)cc(OC)c1.